The molecule has 3 aliphatic carbocycles. The zero-order valence-electron chi connectivity index (χ0n) is 7.84. The molecule has 0 aromatic carbocycles. The van der Waals surface area contributed by atoms with Crippen LogP contribution in [0.3, 0.4) is 0 Å². The van der Waals surface area contributed by atoms with Crippen LogP contribution in [0, 0.1) is 5.92 Å². The molecule has 3 saturated carbocycles. The fourth-order valence-electron chi connectivity index (χ4n) is 2.34. The summed E-state index contributed by atoms with van der Waals surface area (Å²) < 4.78 is 10.3. The zero-order chi connectivity index (χ0) is 9.47. The van der Waals surface area contributed by atoms with Gasteiger partial charge in [-0.1, -0.05) is 6.58 Å². The van der Waals surface area contributed by atoms with Gasteiger partial charge in [-0.3, -0.25) is 4.79 Å². The molecule has 72 valence electrons. The van der Waals surface area contributed by atoms with Crippen LogP contribution in [0.5, 0.6) is 0 Å². The summed E-state index contributed by atoms with van der Waals surface area (Å²) in [7, 11) is 1.56. The molecule has 0 spiro atoms. The van der Waals surface area contributed by atoms with Gasteiger partial charge in [0.2, 0.25) is 0 Å². The highest BCUT2D eigenvalue weighted by atomic mass is 16.7. The predicted octanol–water partition coefficient (Wildman–Crippen LogP) is 1.28. The number of ether oxygens (including phenoxy) is 2. The van der Waals surface area contributed by atoms with Gasteiger partial charge in [0, 0.05) is 13.0 Å². The smallest absolute Gasteiger partial charge is 0.176 e. The van der Waals surface area contributed by atoms with E-state index >= 15 is 0 Å². The van der Waals surface area contributed by atoms with Gasteiger partial charge in [-0.2, -0.15) is 0 Å². The highest BCUT2D eigenvalue weighted by Gasteiger charge is 2.60. The van der Waals surface area contributed by atoms with Crippen LogP contribution in [0.1, 0.15) is 19.3 Å². The molecule has 0 radical (unpaired) electrons. The van der Waals surface area contributed by atoms with Gasteiger partial charge >= 0.3 is 0 Å². The quantitative estimate of drug-likeness (QED) is 0.487. The van der Waals surface area contributed by atoms with Crippen molar-refractivity contribution in [3.8, 4) is 0 Å². The monoisotopic (exact) mass is 182 g/mol. The Morgan fingerprint density at radius 2 is 2.46 bits per heavy atom. The maximum atomic E-state index is 11.6. The second-order valence-electron chi connectivity index (χ2n) is 3.71. The normalized spacial score (nSPS) is 37.5. The van der Waals surface area contributed by atoms with E-state index in [4.69, 9.17) is 9.47 Å². The van der Waals surface area contributed by atoms with Gasteiger partial charge in [-0.05, 0) is 24.8 Å². The fraction of sp³-hybridized carbons (Fsp3) is 0.700. The minimum absolute atomic E-state index is 0.0746. The van der Waals surface area contributed by atoms with Gasteiger partial charge in [-0.25, -0.2) is 0 Å². The SMILES string of the molecule is C=C1[C@@H]2CCC[C@]1(OCOC)C2=O. The number of methoxy groups -OCH3 is 1. The minimum atomic E-state index is -0.668. The Bertz CT molecular complexity index is 241. The molecule has 0 aliphatic heterocycles. The standard InChI is InChI=1S/C10H14O3/c1-7-8-4-3-5-10(7,9(8)11)13-6-12-2/h8H,1,3-6H2,2H3/t8-,10+/m0/s1. The van der Waals surface area contributed by atoms with Crippen LogP contribution in [0.15, 0.2) is 12.2 Å². The van der Waals surface area contributed by atoms with Gasteiger partial charge in [0.25, 0.3) is 0 Å². The number of hydrogen-bond donors (Lipinski definition) is 0. The van der Waals surface area contributed by atoms with Crippen molar-refractivity contribution in [1.29, 1.82) is 0 Å². The van der Waals surface area contributed by atoms with Gasteiger partial charge in [-0.15, -0.1) is 0 Å². The lowest BCUT2D eigenvalue weighted by molar-refractivity contribution is -0.180. The Hall–Kier alpha value is -0.670. The van der Waals surface area contributed by atoms with Gasteiger partial charge in [0.15, 0.2) is 11.4 Å². The Labute approximate surface area is 77.7 Å². The first-order valence-corrected chi connectivity index (χ1v) is 4.59. The third-order valence-electron chi connectivity index (χ3n) is 3.10. The van der Waals surface area contributed by atoms with E-state index in [-0.39, 0.29) is 18.5 Å². The zero-order valence-corrected chi connectivity index (χ0v) is 7.84. The molecule has 2 atom stereocenters. The molecule has 0 aromatic rings. The minimum Gasteiger partial charge on any atom is -0.359 e. The molecule has 3 aliphatic rings. The summed E-state index contributed by atoms with van der Waals surface area (Å²) in [6.07, 6.45) is 2.79. The van der Waals surface area contributed by atoms with Crippen molar-refractivity contribution >= 4 is 5.78 Å². The largest absolute Gasteiger partial charge is 0.359 e. The van der Waals surface area contributed by atoms with Crippen LogP contribution in [0.2, 0.25) is 0 Å². The predicted molar refractivity (Wildman–Crippen MR) is 47.2 cm³/mol. The maximum absolute atomic E-state index is 11.6. The third-order valence-corrected chi connectivity index (χ3v) is 3.10. The highest BCUT2D eigenvalue weighted by molar-refractivity contribution is 6.04. The van der Waals surface area contributed by atoms with Crippen LogP contribution < -0.4 is 0 Å². The van der Waals surface area contributed by atoms with E-state index in [0.29, 0.717) is 0 Å². The van der Waals surface area contributed by atoms with Crippen LogP contribution >= 0.6 is 0 Å². The first-order valence-electron chi connectivity index (χ1n) is 4.59. The first kappa shape index (κ1) is 8.91. The lowest BCUT2D eigenvalue weighted by atomic mass is 9.57. The summed E-state index contributed by atoms with van der Waals surface area (Å²) in [4.78, 5) is 11.6. The summed E-state index contributed by atoms with van der Waals surface area (Å²) in [6, 6.07) is 0. The molecular formula is C10H14O3. The summed E-state index contributed by atoms with van der Waals surface area (Å²) in [6.45, 7) is 4.10. The van der Waals surface area contributed by atoms with E-state index in [2.05, 4.69) is 6.58 Å². The molecule has 3 heteroatoms. The van der Waals surface area contributed by atoms with E-state index in [0.717, 1.165) is 24.8 Å². The van der Waals surface area contributed by atoms with Gasteiger partial charge in [0.1, 0.15) is 6.79 Å². The van der Waals surface area contributed by atoms with Crippen LogP contribution in [0.25, 0.3) is 0 Å². The maximum Gasteiger partial charge on any atom is 0.176 e. The molecule has 0 aromatic heterocycles. The Kier molecular flexibility index (Phi) is 2.00. The molecular weight excluding hydrogens is 168 g/mol. The summed E-state index contributed by atoms with van der Waals surface area (Å²) in [5.74, 6) is 0.284. The lowest BCUT2D eigenvalue weighted by Gasteiger charge is -2.51. The number of fused-ring (bicyclic) bond motifs is 2. The highest BCUT2D eigenvalue weighted by Crippen LogP contribution is 2.51. The molecule has 3 fully saturated rings. The van der Waals surface area contributed by atoms with Crippen molar-refractivity contribution < 1.29 is 14.3 Å². The van der Waals surface area contributed by atoms with Crippen molar-refractivity contribution in [3.63, 3.8) is 0 Å². The molecule has 2 bridgehead atoms. The third kappa shape index (κ3) is 1.00. The topological polar surface area (TPSA) is 35.5 Å². The molecule has 0 heterocycles. The number of ketones is 1. The average Bonchev–Trinajstić information content (AvgIpc) is 2.17. The second-order valence-corrected chi connectivity index (χ2v) is 3.71. The average molecular weight is 182 g/mol. The molecule has 0 unspecified atom stereocenters. The van der Waals surface area contributed by atoms with E-state index in [1.54, 1.807) is 7.11 Å². The van der Waals surface area contributed by atoms with E-state index in [1.165, 1.54) is 0 Å². The van der Waals surface area contributed by atoms with Crippen molar-refractivity contribution in [1.82, 2.24) is 0 Å². The van der Waals surface area contributed by atoms with Gasteiger partial charge < -0.3 is 9.47 Å². The summed E-state index contributed by atoms with van der Waals surface area (Å²) in [5, 5.41) is 0. The Balaban J connectivity index is 2.11. The van der Waals surface area contributed by atoms with Crippen molar-refractivity contribution in [2.24, 2.45) is 5.92 Å². The number of Topliss-reactive ketones (excluding diaryl/α,β-unsaturated/α-hetero) is 1. The van der Waals surface area contributed by atoms with E-state index < -0.39 is 5.60 Å². The van der Waals surface area contributed by atoms with Crippen molar-refractivity contribution in [2.45, 2.75) is 24.9 Å². The van der Waals surface area contributed by atoms with Crippen LogP contribution in [0.4, 0.5) is 0 Å². The lowest BCUT2D eigenvalue weighted by Crippen LogP contribution is -2.61. The number of rotatable bonds is 3. The summed E-state index contributed by atoms with van der Waals surface area (Å²) >= 11 is 0. The molecule has 3 nitrogen and oxygen atoms in total. The Morgan fingerprint density at radius 3 is 3.00 bits per heavy atom. The second kappa shape index (κ2) is 2.93. The number of carbonyl (C=O) groups is 1. The summed E-state index contributed by atoms with van der Waals surface area (Å²) in [5.41, 5.74) is 0.291. The number of carbonyl (C=O) groups excluding carboxylic acids is 1. The van der Waals surface area contributed by atoms with Crippen LogP contribution in [-0.4, -0.2) is 25.3 Å². The molecule has 0 amide bonds. The molecule has 0 saturated heterocycles. The van der Waals surface area contributed by atoms with Crippen molar-refractivity contribution in [2.75, 3.05) is 13.9 Å². The molecule has 13 heavy (non-hydrogen) atoms. The fourth-order valence-corrected chi connectivity index (χ4v) is 2.34. The van der Waals surface area contributed by atoms with E-state index in [1.807, 2.05) is 0 Å². The van der Waals surface area contributed by atoms with Crippen molar-refractivity contribution in [3.05, 3.63) is 12.2 Å². The van der Waals surface area contributed by atoms with E-state index in [9.17, 15) is 4.79 Å². The number of hydrogen-bond acceptors (Lipinski definition) is 3. The van der Waals surface area contributed by atoms with Crippen LogP contribution in [-0.2, 0) is 14.3 Å². The first-order chi connectivity index (χ1) is 6.22. The Morgan fingerprint density at radius 1 is 1.69 bits per heavy atom. The van der Waals surface area contributed by atoms with Gasteiger partial charge in [0.05, 0.1) is 0 Å². The molecule has 3 rings (SSSR count). The molecule has 0 N–H and O–H groups in total.